The van der Waals surface area contributed by atoms with Crippen molar-refractivity contribution < 1.29 is 9.53 Å². The number of hydrogen-bond donors (Lipinski definition) is 2. The van der Waals surface area contributed by atoms with Gasteiger partial charge in [0, 0.05) is 25.1 Å². The van der Waals surface area contributed by atoms with Crippen LogP contribution in [0.1, 0.15) is 18.4 Å². The van der Waals surface area contributed by atoms with Gasteiger partial charge in [-0.05, 0) is 36.6 Å². The minimum atomic E-state index is -0.662. The minimum Gasteiger partial charge on any atom is -0.384 e. The number of carbonyl (C=O) groups excluding carboxylic acids is 1. The van der Waals surface area contributed by atoms with Crippen molar-refractivity contribution in [3.05, 3.63) is 78.5 Å². The van der Waals surface area contributed by atoms with Crippen molar-refractivity contribution in [1.29, 1.82) is 0 Å². The number of nitrogens with two attached hydrogens (primary N) is 1. The summed E-state index contributed by atoms with van der Waals surface area (Å²) in [4.78, 5) is 17.1. The Morgan fingerprint density at radius 3 is 2.31 bits per heavy atom. The fraction of sp³-hybridized carbons (Fsp3) is 0.238. The van der Waals surface area contributed by atoms with Crippen LogP contribution in [0.5, 0.6) is 0 Å². The van der Waals surface area contributed by atoms with E-state index in [0.29, 0.717) is 26.1 Å². The summed E-state index contributed by atoms with van der Waals surface area (Å²) in [5.74, 6) is -0.0332. The van der Waals surface area contributed by atoms with E-state index in [0.717, 1.165) is 11.3 Å². The van der Waals surface area contributed by atoms with E-state index in [1.165, 1.54) is 0 Å². The van der Waals surface area contributed by atoms with Gasteiger partial charge in [0.25, 0.3) is 5.91 Å². The third-order valence-electron chi connectivity index (χ3n) is 4.59. The van der Waals surface area contributed by atoms with Gasteiger partial charge in [-0.15, -0.1) is 0 Å². The second-order valence-corrected chi connectivity index (χ2v) is 6.25. The molecule has 1 heterocycles. The summed E-state index contributed by atoms with van der Waals surface area (Å²) in [6, 6.07) is 19.5. The van der Waals surface area contributed by atoms with Gasteiger partial charge in [0.05, 0.1) is 5.41 Å². The largest absolute Gasteiger partial charge is 0.384 e. The van der Waals surface area contributed by atoms with E-state index in [9.17, 15) is 4.79 Å². The van der Waals surface area contributed by atoms with Crippen LogP contribution < -0.4 is 11.1 Å². The number of anilines is 1. The Bertz CT molecular complexity index is 779. The van der Waals surface area contributed by atoms with Crippen LogP contribution in [0.4, 0.5) is 5.69 Å². The zero-order valence-electron chi connectivity index (χ0n) is 14.6. The Labute approximate surface area is 153 Å². The minimum absolute atomic E-state index is 0.181. The van der Waals surface area contributed by atoms with Gasteiger partial charge in [0.1, 0.15) is 5.84 Å². The van der Waals surface area contributed by atoms with E-state index in [2.05, 4.69) is 10.3 Å². The summed E-state index contributed by atoms with van der Waals surface area (Å²) >= 11 is 0. The summed E-state index contributed by atoms with van der Waals surface area (Å²) < 4.78 is 5.46. The van der Waals surface area contributed by atoms with Gasteiger partial charge in [-0.25, -0.2) is 0 Å². The molecule has 3 N–H and O–H groups in total. The molecule has 5 heteroatoms. The number of rotatable bonds is 5. The van der Waals surface area contributed by atoms with Crippen molar-refractivity contribution in [3.63, 3.8) is 0 Å². The van der Waals surface area contributed by atoms with Crippen molar-refractivity contribution in [1.82, 2.24) is 0 Å². The van der Waals surface area contributed by atoms with Crippen molar-refractivity contribution in [2.75, 3.05) is 18.5 Å². The molecule has 1 aliphatic rings. The molecule has 0 aliphatic carbocycles. The van der Waals surface area contributed by atoms with Crippen LogP contribution in [0.15, 0.2) is 77.9 Å². The number of amides is 1. The van der Waals surface area contributed by atoms with Crippen LogP contribution in [0, 0.1) is 0 Å². The van der Waals surface area contributed by atoms with Crippen LogP contribution in [0.25, 0.3) is 0 Å². The number of hydrogen-bond acceptors (Lipinski definition) is 3. The molecule has 0 spiro atoms. The van der Waals surface area contributed by atoms with E-state index in [4.69, 9.17) is 10.5 Å². The van der Waals surface area contributed by atoms with Crippen LogP contribution in [-0.2, 0) is 14.9 Å². The maximum Gasteiger partial charge on any atom is 0.258 e. The topological polar surface area (TPSA) is 76.7 Å². The highest BCUT2D eigenvalue weighted by Crippen LogP contribution is 2.36. The SMILES string of the molecule is NC(/C=C\Nc1ccccc1)=NC(=O)C1(c2ccccc2)CCOCC1. The Hall–Kier alpha value is -2.92. The maximum atomic E-state index is 13.0. The van der Waals surface area contributed by atoms with Crippen molar-refractivity contribution in [2.24, 2.45) is 10.7 Å². The highest BCUT2D eigenvalue weighted by Gasteiger charge is 2.41. The molecule has 0 atom stereocenters. The molecule has 3 rings (SSSR count). The molecule has 26 heavy (non-hydrogen) atoms. The van der Waals surface area contributed by atoms with Crippen molar-refractivity contribution in [2.45, 2.75) is 18.3 Å². The number of nitrogens with zero attached hydrogens (tertiary/aromatic N) is 1. The zero-order valence-corrected chi connectivity index (χ0v) is 14.6. The summed E-state index contributed by atoms with van der Waals surface area (Å²) in [6.07, 6.45) is 4.50. The average molecular weight is 349 g/mol. The number of ether oxygens (including phenoxy) is 1. The number of benzene rings is 2. The molecule has 2 aromatic rings. The molecular formula is C21H23N3O2. The van der Waals surface area contributed by atoms with Gasteiger partial charge in [-0.3, -0.25) is 4.79 Å². The van der Waals surface area contributed by atoms with E-state index < -0.39 is 5.41 Å². The molecule has 0 bridgehead atoms. The number of nitrogens with one attached hydrogen (secondary N) is 1. The molecule has 1 saturated heterocycles. The Kier molecular flexibility index (Phi) is 5.81. The van der Waals surface area contributed by atoms with Gasteiger partial charge in [-0.2, -0.15) is 4.99 Å². The number of aliphatic imine (C=N–C) groups is 1. The summed E-state index contributed by atoms with van der Waals surface area (Å²) in [5.41, 5.74) is 7.20. The molecule has 0 aromatic heterocycles. The van der Waals surface area contributed by atoms with Crippen LogP contribution in [0.2, 0.25) is 0 Å². The highest BCUT2D eigenvalue weighted by molar-refractivity contribution is 6.03. The lowest BCUT2D eigenvalue weighted by Gasteiger charge is -2.34. The molecule has 0 unspecified atom stereocenters. The second kappa shape index (κ2) is 8.45. The van der Waals surface area contributed by atoms with Crippen molar-refractivity contribution in [3.8, 4) is 0 Å². The first kappa shape index (κ1) is 17.9. The predicted molar refractivity (Wildman–Crippen MR) is 104 cm³/mol. The first-order valence-corrected chi connectivity index (χ1v) is 8.71. The Morgan fingerprint density at radius 2 is 1.65 bits per heavy atom. The fourth-order valence-electron chi connectivity index (χ4n) is 3.12. The third-order valence-corrected chi connectivity index (χ3v) is 4.59. The van der Waals surface area contributed by atoms with Crippen LogP contribution >= 0.6 is 0 Å². The van der Waals surface area contributed by atoms with Crippen LogP contribution in [0.3, 0.4) is 0 Å². The van der Waals surface area contributed by atoms with E-state index in [1.54, 1.807) is 12.3 Å². The highest BCUT2D eigenvalue weighted by atomic mass is 16.5. The van der Waals surface area contributed by atoms with Crippen molar-refractivity contribution >= 4 is 17.4 Å². The van der Waals surface area contributed by atoms with E-state index in [-0.39, 0.29) is 11.7 Å². The summed E-state index contributed by atoms with van der Waals surface area (Å²) in [6.45, 7) is 1.09. The second-order valence-electron chi connectivity index (χ2n) is 6.25. The van der Waals surface area contributed by atoms with Gasteiger partial charge < -0.3 is 15.8 Å². The first-order chi connectivity index (χ1) is 12.7. The molecular weight excluding hydrogens is 326 g/mol. The lowest BCUT2D eigenvalue weighted by Crippen LogP contribution is -2.41. The normalized spacial score (nSPS) is 17.2. The zero-order chi connectivity index (χ0) is 18.2. The molecule has 134 valence electrons. The number of para-hydroxylation sites is 1. The molecule has 1 aliphatic heterocycles. The Balaban J connectivity index is 1.75. The van der Waals surface area contributed by atoms with E-state index in [1.807, 2.05) is 60.7 Å². The maximum absolute atomic E-state index is 13.0. The average Bonchev–Trinajstić information content (AvgIpc) is 2.70. The van der Waals surface area contributed by atoms with Gasteiger partial charge in [0.2, 0.25) is 0 Å². The molecule has 1 fully saturated rings. The van der Waals surface area contributed by atoms with Gasteiger partial charge >= 0.3 is 0 Å². The van der Waals surface area contributed by atoms with Crippen LogP contribution in [-0.4, -0.2) is 25.0 Å². The Morgan fingerprint density at radius 1 is 1.04 bits per heavy atom. The third kappa shape index (κ3) is 4.18. The fourth-order valence-corrected chi connectivity index (χ4v) is 3.12. The number of carbonyl (C=O) groups is 1. The van der Waals surface area contributed by atoms with E-state index >= 15 is 0 Å². The molecule has 1 amide bonds. The first-order valence-electron chi connectivity index (χ1n) is 8.71. The molecule has 5 nitrogen and oxygen atoms in total. The summed E-state index contributed by atoms with van der Waals surface area (Å²) in [7, 11) is 0. The smallest absolute Gasteiger partial charge is 0.258 e. The summed E-state index contributed by atoms with van der Waals surface area (Å²) in [5, 5.41) is 3.10. The molecule has 0 saturated carbocycles. The molecule has 0 radical (unpaired) electrons. The number of amidine groups is 1. The van der Waals surface area contributed by atoms with Gasteiger partial charge in [0.15, 0.2) is 0 Å². The monoisotopic (exact) mass is 349 g/mol. The quantitative estimate of drug-likeness (QED) is 0.642. The lowest BCUT2D eigenvalue weighted by molar-refractivity contribution is -0.126. The molecule has 2 aromatic carbocycles. The predicted octanol–water partition coefficient (Wildman–Crippen LogP) is 3.24. The standard InChI is InChI=1S/C21H23N3O2/c22-19(11-14-23-18-9-5-2-6-10-18)24-20(25)21(12-15-26-16-13-21)17-7-3-1-4-8-17/h1-11,14,23H,12-13,15-16H2,(H2,22,24,25)/b14-11-. The lowest BCUT2D eigenvalue weighted by atomic mass is 9.73. The van der Waals surface area contributed by atoms with Gasteiger partial charge in [-0.1, -0.05) is 48.5 Å².